The Morgan fingerprint density at radius 3 is 2.76 bits per heavy atom. The molecule has 2 aromatic rings. The van der Waals surface area contributed by atoms with Crippen molar-refractivity contribution in [2.45, 2.75) is 18.6 Å². The Balaban J connectivity index is 2.04. The van der Waals surface area contributed by atoms with E-state index in [2.05, 4.69) is 0 Å². The van der Waals surface area contributed by atoms with E-state index in [-0.39, 0.29) is 22.2 Å². The van der Waals surface area contributed by atoms with Gasteiger partial charge in [0.25, 0.3) is 0 Å². The van der Waals surface area contributed by atoms with E-state index < -0.39 is 18.2 Å². The lowest BCUT2D eigenvalue weighted by Gasteiger charge is -2.14. The summed E-state index contributed by atoms with van der Waals surface area (Å²) in [4.78, 5) is 11.0. The predicted molar refractivity (Wildman–Crippen MR) is 75.0 cm³/mol. The molecule has 2 N–H and O–H groups in total. The molecule has 7 heteroatoms. The molecule has 21 heavy (non-hydrogen) atoms. The molecule has 0 saturated carbocycles. The highest BCUT2D eigenvalue weighted by Crippen LogP contribution is 2.45. The molecule has 110 valence electrons. The van der Waals surface area contributed by atoms with Crippen LogP contribution >= 0.6 is 23.2 Å². The maximum absolute atomic E-state index is 11.0. The summed E-state index contributed by atoms with van der Waals surface area (Å²) in [7, 11) is 0. The van der Waals surface area contributed by atoms with Crippen LogP contribution in [0.5, 0.6) is 5.75 Å². The molecule has 0 amide bonds. The first-order chi connectivity index (χ1) is 9.99. The van der Waals surface area contributed by atoms with Crippen LogP contribution in [0.25, 0.3) is 0 Å². The third kappa shape index (κ3) is 2.37. The van der Waals surface area contributed by atoms with Crippen LogP contribution < -0.4 is 4.74 Å². The Labute approximate surface area is 129 Å². The lowest BCUT2D eigenvalue weighted by molar-refractivity contribution is -0.144. The number of benzene rings is 1. The number of rotatable bonds is 3. The lowest BCUT2D eigenvalue weighted by atomic mass is 10.0. The molecule has 1 aromatic heterocycles. The van der Waals surface area contributed by atoms with Gasteiger partial charge in [-0.25, -0.2) is 4.79 Å². The molecule has 2 atom stereocenters. The van der Waals surface area contributed by atoms with Gasteiger partial charge in [0, 0.05) is 17.5 Å². The van der Waals surface area contributed by atoms with Gasteiger partial charge < -0.3 is 19.4 Å². The number of hydrogen-bond acceptors (Lipinski definition) is 4. The van der Waals surface area contributed by atoms with E-state index in [0.29, 0.717) is 16.9 Å². The van der Waals surface area contributed by atoms with Crippen LogP contribution in [0, 0.1) is 0 Å². The number of hydrogen-bond donors (Lipinski definition) is 2. The highest BCUT2D eigenvalue weighted by Gasteiger charge is 2.33. The summed E-state index contributed by atoms with van der Waals surface area (Å²) in [5.74, 6) is -0.502. The maximum Gasteiger partial charge on any atom is 0.345 e. The van der Waals surface area contributed by atoms with Crippen molar-refractivity contribution in [3.05, 3.63) is 51.4 Å². The Bertz CT molecular complexity index is 696. The summed E-state index contributed by atoms with van der Waals surface area (Å²) in [6, 6.07) is 4.85. The minimum Gasteiger partial charge on any atom is -0.478 e. The number of carboxylic acid groups (broad SMARTS) is 1. The fourth-order valence-electron chi connectivity index (χ4n) is 2.28. The zero-order chi connectivity index (χ0) is 15.1. The van der Waals surface area contributed by atoms with Crippen molar-refractivity contribution in [1.82, 2.24) is 0 Å². The number of carbonyl (C=O) groups is 1. The van der Waals surface area contributed by atoms with Gasteiger partial charge >= 0.3 is 5.97 Å². The van der Waals surface area contributed by atoms with E-state index in [9.17, 15) is 9.90 Å². The van der Waals surface area contributed by atoms with Gasteiger partial charge in [0.05, 0.1) is 11.3 Å². The Morgan fingerprint density at radius 2 is 2.14 bits per heavy atom. The SMILES string of the molecule is O=C(O)C1Cc2cc(C(O)c3ccco3)c(Cl)c(Cl)c2O1. The molecule has 0 saturated heterocycles. The number of halogens is 2. The standard InChI is InChI=1S/C14H10Cl2O5/c15-10-7(12(17)8-2-1-3-20-8)4-6-5-9(14(18)19)21-13(6)11(10)16/h1-4,9,12,17H,5H2,(H,18,19). The molecule has 1 aliphatic heterocycles. The number of aliphatic carboxylic acids is 1. The Hall–Kier alpha value is -1.69. The summed E-state index contributed by atoms with van der Waals surface area (Å²) >= 11 is 12.3. The second kappa shape index (κ2) is 5.26. The van der Waals surface area contributed by atoms with Crippen LogP contribution in [0.4, 0.5) is 0 Å². The van der Waals surface area contributed by atoms with Crippen LogP contribution in [0.3, 0.4) is 0 Å². The molecule has 0 radical (unpaired) electrons. The molecule has 1 aromatic carbocycles. The fraction of sp³-hybridized carbons (Fsp3) is 0.214. The first-order valence-electron chi connectivity index (χ1n) is 6.10. The van der Waals surface area contributed by atoms with Crippen molar-refractivity contribution in [3.8, 4) is 5.75 Å². The first kappa shape index (κ1) is 14.3. The van der Waals surface area contributed by atoms with Crippen molar-refractivity contribution >= 4 is 29.2 Å². The molecule has 5 nitrogen and oxygen atoms in total. The van der Waals surface area contributed by atoms with Crippen molar-refractivity contribution in [1.29, 1.82) is 0 Å². The van der Waals surface area contributed by atoms with E-state index in [1.165, 1.54) is 6.26 Å². The zero-order valence-electron chi connectivity index (χ0n) is 10.5. The molecule has 0 aliphatic carbocycles. The van der Waals surface area contributed by atoms with Crippen LogP contribution in [0.15, 0.2) is 28.9 Å². The van der Waals surface area contributed by atoms with Crippen molar-refractivity contribution in [2.24, 2.45) is 0 Å². The van der Waals surface area contributed by atoms with Gasteiger partial charge in [0.2, 0.25) is 0 Å². The van der Waals surface area contributed by atoms with Gasteiger partial charge in [-0.15, -0.1) is 0 Å². The minimum absolute atomic E-state index is 0.0959. The quantitative estimate of drug-likeness (QED) is 0.905. The zero-order valence-corrected chi connectivity index (χ0v) is 12.1. The van der Waals surface area contributed by atoms with Gasteiger partial charge in [-0.3, -0.25) is 0 Å². The van der Waals surface area contributed by atoms with Crippen LogP contribution in [0.2, 0.25) is 10.0 Å². The van der Waals surface area contributed by atoms with E-state index in [0.717, 1.165) is 0 Å². The summed E-state index contributed by atoms with van der Waals surface area (Å²) in [5, 5.41) is 19.5. The molecule has 0 spiro atoms. The van der Waals surface area contributed by atoms with E-state index in [4.69, 9.17) is 37.5 Å². The fourth-order valence-corrected chi connectivity index (χ4v) is 2.80. The molecule has 1 aliphatic rings. The Morgan fingerprint density at radius 1 is 1.38 bits per heavy atom. The van der Waals surface area contributed by atoms with E-state index in [1.807, 2.05) is 0 Å². The van der Waals surface area contributed by atoms with Crippen LogP contribution in [0.1, 0.15) is 23.0 Å². The summed E-state index contributed by atoms with van der Waals surface area (Å²) < 4.78 is 10.4. The van der Waals surface area contributed by atoms with Gasteiger partial charge in [0.1, 0.15) is 22.6 Å². The van der Waals surface area contributed by atoms with E-state index >= 15 is 0 Å². The number of ether oxygens (including phenoxy) is 1. The largest absolute Gasteiger partial charge is 0.478 e. The van der Waals surface area contributed by atoms with Crippen molar-refractivity contribution in [3.63, 3.8) is 0 Å². The van der Waals surface area contributed by atoms with E-state index in [1.54, 1.807) is 18.2 Å². The monoisotopic (exact) mass is 328 g/mol. The summed E-state index contributed by atoms with van der Waals surface area (Å²) in [6.45, 7) is 0. The smallest absolute Gasteiger partial charge is 0.345 e. The number of aliphatic hydroxyl groups is 1. The third-order valence-corrected chi connectivity index (χ3v) is 4.18. The molecular weight excluding hydrogens is 319 g/mol. The average Bonchev–Trinajstić information content (AvgIpc) is 3.10. The van der Waals surface area contributed by atoms with Gasteiger partial charge in [0.15, 0.2) is 6.10 Å². The number of fused-ring (bicyclic) bond motifs is 1. The Kier molecular flexibility index (Phi) is 3.57. The minimum atomic E-state index is -1.08. The number of aliphatic hydroxyl groups excluding tert-OH is 1. The highest BCUT2D eigenvalue weighted by molar-refractivity contribution is 6.43. The second-order valence-corrected chi connectivity index (χ2v) is 5.40. The number of furan rings is 1. The lowest BCUT2D eigenvalue weighted by Crippen LogP contribution is -2.24. The normalized spacial score (nSPS) is 18.1. The molecule has 3 rings (SSSR count). The van der Waals surface area contributed by atoms with Crippen molar-refractivity contribution < 1.29 is 24.2 Å². The summed E-state index contributed by atoms with van der Waals surface area (Å²) in [5.41, 5.74) is 0.947. The first-order valence-corrected chi connectivity index (χ1v) is 6.86. The molecule has 0 bridgehead atoms. The summed E-state index contributed by atoms with van der Waals surface area (Å²) in [6.07, 6.45) is -0.478. The maximum atomic E-state index is 11.0. The van der Waals surface area contributed by atoms with Crippen LogP contribution in [-0.2, 0) is 11.2 Å². The van der Waals surface area contributed by atoms with Crippen molar-refractivity contribution in [2.75, 3.05) is 0 Å². The van der Waals surface area contributed by atoms with Gasteiger partial charge in [-0.2, -0.15) is 0 Å². The second-order valence-electron chi connectivity index (χ2n) is 4.65. The third-order valence-electron chi connectivity index (χ3n) is 3.32. The molecule has 0 fully saturated rings. The molecule has 2 heterocycles. The highest BCUT2D eigenvalue weighted by atomic mass is 35.5. The van der Waals surface area contributed by atoms with Gasteiger partial charge in [-0.05, 0) is 18.2 Å². The molecular formula is C14H10Cl2O5. The van der Waals surface area contributed by atoms with Crippen LogP contribution in [-0.4, -0.2) is 22.3 Å². The predicted octanol–water partition coefficient (Wildman–Crippen LogP) is 3.06. The molecule has 2 unspecified atom stereocenters. The van der Waals surface area contributed by atoms with Gasteiger partial charge in [-0.1, -0.05) is 23.2 Å². The topological polar surface area (TPSA) is 79.9 Å². The number of carboxylic acids is 1. The average molecular weight is 329 g/mol.